The van der Waals surface area contributed by atoms with Crippen molar-refractivity contribution in [3.63, 3.8) is 0 Å². The summed E-state index contributed by atoms with van der Waals surface area (Å²) >= 11 is 1.79. The first kappa shape index (κ1) is 18.3. The molecule has 0 N–H and O–H groups in total. The molecule has 0 saturated carbocycles. The molecular weight excluding hydrogens is 360 g/mol. The Morgan fingerprint density at radius 1 is 1.19 bits per heavy atom. The molecule has 2 aliphatic heterocycles. The first-order valence-electron chi connectivity index (χ1n) is 9.48. The van der Waals surface area contributed by atoms with E-state index in [4.69, 9.17) is 9.47 Å². The number of hydrogen-bond acceptors (Lipinski definition) is 5. The number of benzene rings is 1. The number of rotatable bonds is 5. The number of fused-ring (bicyclic) bond motifs is 1. The zero-order valence-electron chi connectivity index (χ0n) is 15.9. The zero-order chi connectivity index (χ0) is 18.8. The van der Waals surface area contributed by atoms with Crippen molar-refractivity contribution in [2.45, 2.75) is 31.8 Å². The van der Waals surface area contributed by atoms with Crippen LogP contribution in [0, 0.1) is 0 Å². The van der Waals surface area contributed by atoms with Crippen LogP contribution in [0.3, 0.4) is 0 Å². The first-order chi connectivity index (χ1) is 13.2. The third-order valence-corrected chi connectivity index (χ3v) is 6.62. The number of nitrogens with zero attached hydrogens (tertiary/aromatic N) is 2. The molecule has 1 amide bonds. The minimum absolute atomic E-state index is 0.221. The number of amides is 1. The lowest BCUT2D eigenvalue weighted by molar-refractivity contribution is -0.133. The summed E-state index contributed by atoms with van der Waals surface area (Å²) in [4.78, 5) is 18.7. The maximum atomic E-state index is 13.0. The van der Waals surface area contributed by atoms with Gasteiger partial charge in [0.25, 0.3) is 0 Å². The van der Waals surface area contributed by atoms with Crippen molar-refractivity contribution in [3.8, 4) is 11.5 Å². The van der Waals surface area contributed by atoms with Crippen LogP contribution in [0.4, 0.5) is 0 Å². The Bertz CT molecular complexity index is 806. The van der Waals surface area contributed by atoms with Gasteiger partial charge in [-0.3, -0.25) is 9.69 Å². The second-order valence-corrected chi connectivity index (χ2v) is 8.16. The molecule has 27 heavy (non-hydrogen) atoms. The van der Waals surface area contributed by atoms with Gasteiger partial charge in [-0.05, 0) is 60.5 Å². The van der Waals surface area contributed by atoms with Crippen molar-refractivity contribution in [2.24, 2.45) is 0 Å². The molecule has 1 atom stereocenters. The van der Waals surface area contributed by atoms with Crippen LogP contribution in [0.1, 0.15) is 34.9 Å². The van der Waals surface area contributed by atoms with E-state index in [0.717, 1.165) is 49.4 Å². The van der Waals surface area contributed by atoms with Gasteiger partial charge in [0.05, 0.1) is 20.8 Å². The monoisotopic (exact) mass is 386 g/mol. The highest BCUT2D eigenvalue weighted by molar-refractivity contribution is 7.10. The Labute approximate surface area is 164 Å². The Hall–Kier alpha value is -2.05. The lowest BCUT2D eigenvalue weighted by Gasteiger charge is -2.32. The molecular formula is C21H26N2O3S. The fourth-order valence-corrected chi connectivity index (χ4v) is 5.08. The number of thiophene rings is 1. The molecule has 4 rings (SSSR count). The summed E-state index contributed by atoms with van der Waals surface area (Å²) in [6.45, 7) is 2.92. The lowest BCUT2D eigenvalue weighted by Crippen LogP contribution is -2.42. The van der Waals surface area contributed by atoms with E-state index in [-0.39, 0.29) is 5.91 Å². The molecule has 1 saturated heterocycles. The van der Waals surface area contributed by atoms with Gasteiger partial charge in [0.15, 0.2) is 11.5 Å². The van der Waals surface area contributed by atoms with Crippen molar-refractivity contribution in [2.75, 3.05) is 33.9 Å². The largest absolute Gasteiger partial charge is 0.493 e. The summed E-state index contributed by atoms with van der Waals surface area (Å²) in [6, 6.07) is 8.74. The minimum Gasteiger partial charge on any atom is -0.493 e. The molecule has 0 spiro atoms. The van der Waals surface area contributed by atoms with E-state index in [1.165, 1.54) is 10.4 Å². The van der Waals surface area contributed by atoms with Crippen LogP contribution < -0.4 is 9.47 Å². The van der Waals surface area contributed by atoms with Gasteiger partial charge in [-0.25, -0.2) is 0 Å². The highest BCUT2D eigenvalue weighted by Crippen LogP contribution is 2.35. The summed E-state index contributed by atoms with van der Waals surface area (Å²) in [5.41, 5.74) is 2.40. The van der Waals surface area contributed by atoms with E-state index in [2.05, 4.69) is 22.4 Å². The number of carbonyl (C=O) groups excluding carboxylic acids is 1. The SMILES string of the molecule is COc1cc2c(cc1OC)CN(C(=O)CN1CCCC1c1cccs1)CC2. The van der Waals surface area contributed by atoms with Crippen molar-refractivity contribution in [1.29, 1.82) is 0 Å². The Morgan fingerprint density at radius 2 is 1.96 bits per heavy atom. The Balaban J connectivity index is 1.45. The Morgan fingerprint density at radius 3 is 2.67 bits per heavy atom. The zero-order valence-corrected chi connectivity index (χ0v) is 16.8. The smallest absolute Gasteiger partial charge is 0.237 e. The molecule has 0 bridgehead atoms. The molecule has 1 unspecified atom stereocenters. The summed E-state index contributed by atoms with van der Waals surface area (Å²) in [7, 11) is 3.30. The average molecular weight is 387 g/mol. The van der Waals surface area contributed by atoms with Crippen LogP contribution in [0.5, 0.6) is 11.5 Å². The second kappa shape index (κ2) is 7.90. The van der Waals surface area contributed by atoms with Gasteiger partial charge in [-0.2, -0.15) is 0 Å². The minimum atomic E-state index is 0.221. The molecule has 1 fully saturated rings. The molecule has 0 aliphatic carbocycles. The number of methoxy groups -OCH3 is 2. The van der Waals surface area contributed by atoms with Crippen molar-refractivity contribution in [1.82, 2.24) is 9.80 Å². The molecule has 3 heterocycles. The average Bonchev–Trinajstić information content (AvgIpc) is 3.37. The van der Waals surface area contributed by atoms with Crippen LogP contribution in [0.15, 0.2) is 29.6 Å². The van der Waals surface area contributed by atoms with Crippen LogP contribution >= 0.6 is 11.3 Å². The van der Waals surface area contributed by atoms with Gasteiger partial charge in [0, 0.05) is 24.0 Å². The van der Waals surface area contributed by atoms with Crippen LogP contribution in [-0.4, -0.2) is 49.6 Å². The molecule has 5 nitrogen and oxygen atoms in total. The fraction of sp³-hybridized carbons (Fsp3) is 0.476. The van der Waals surface area contributed by atoms with Gasteiger partial charge in [-0.15, -0.1) is 11.3 Å². The van der Waals surface area contributed by atoms with Crippen LogP contribution in [0.2, 0.25) is 0 Å². The quantitative estimate of drug-likeness (QED) is 0.789. The predicted octanol–water partition coefficient (Wildman–Crippen LogP) is 3.49. The summed E-state index contributed by atoms with van der Waals surface area (Å²) in [5.74, 6) is 1.70. The summed E-state index contributed by atoms with van der Waals surface area (Å²) in [6.07, 6.45) is 3.17. The third kappa shape index (κ3) is 3.69. The molecule has 1 aromatic carbocycles. The molecule has 2 aromatic rings. The van der Waals surface area contributed by atoms with Crippen LogP contribution in [0.25, 0.3) is 0 Å². The van der Waals surface area contributed by atoms with E-state index < -0.39 is 0 Å². The molecule has 144 valence electrons. The fourth-order valence-electron chi connectivity index (χ4n) is 4.19. The highest BCUT2D eigenvalue weighted by atomic mass is 32.1. The first-order valence-corrected chi connectivity index (χ1v) is 10.4. The number of hydrogen-bond donors (Lipinski definition) is 0. The van der Waals surface area contributed by atoms with Crippen molar-refractivity contribution >= 4 is 17.2 Å². The van der Waals surface area contributed by atoms with Crippen LogP contribution in [-0.2, 0) is 17.8 Å². The molecule has 0 radical (unpaired) electrons. The Kier molecular flexibility index (Phi) is 5.36. The van der Waals surface area contributed by atoms with Gasteiger partial charge in [-0.1, -0.05) is 6.07 Å². The van der Waals surface area contributed by atoms with E-state index in [9.17, 15) is 4.79 Å². The van der Waals surface area contributed by atoms with E-state index in [0.29, 0.717) is 19.1 Å². The van der Waals surface area contributed by atoms with E-state index in [1.54, 1.807) is 25.6 Å². The number of carbonyl (C=O) groups is 1. The third-order valence-electron chi connectivity index (χ3n) is 5.64. The maximum absolute atomic E-state index is 13.0. The topological polar surface area (TPSA) is 42.0 Å². The van der Waals surface area contributed by atoms with Gasteiger partial charge in [0.1, 0.15) is 0 Å². The standard InChI is InChI=1S/C21H26N2O3S/c1-25-18-11-15-7-9-23(13-16(15)12-19(18)26-2)21(24)14-22-8-3-5-17(22)20-6-4-10-27-20/h4,6,10-12,17H,3,5,7-9,13-14H2,1-2H3. The van der Waals surface area contributed by atoms with E-state index in [1.807, 2.05) is 17.0 Å². The normalized spacial score (nSPS) is 19.8. The van der Waals surface area contributed by atoms with Gasteiger partial charge < -0.3 is 14.4 Å². The summed E-state index contributed by atoms with van der Waals surface area (Å²) in [5, 5.41) is 2.12. The van der Waals surface area contributed by atoms with E-state index >= 15 is 0 Å². The predicted molar refractivity (Wildman–Crippen MR) is 107 cm³/mol. The van der Waals surface area contributed by atoms with Gasteiger partial charge >= 0.3 is 0 Å². The maximum Gasteiger partial charge on any atom is 0.237 e. The highest BCUT2D eigenvalue weighted by Gasteiger charge is 2.30. The van der Waals surface area contributed by atoms with Gasteiger partial charge in [0.2, 0.25) is 5.91 Å². The molecule has 6 heteroatoms. The second-order valence-electron chi connectivity index (χ2n) is 7.19. The van der Waals surface area contributed by atoms with Crippen molar-refractivity contribution < 1.29 is 14.3 Å². The molecule has 1 aromatic heterocycles. The lowest BCUT2D eigenvalue weighted by atomic mass is 9.98. The summed E-state index contributed by atoms with van der Waals surface area (Å²) < 4.78 is 10.8. The number of likely N-dealkylation sites (tertiary alicyclic amines) is 1. The number of ether oxygens (including phenoxy) is 2. The molecule has 2 aliphatic rings. The van der Waals surface area contributed by atoms with Crippen molar-refractivity contribution in [3.05, 3.63) is 45.6 Å².